The lowest BCUT2D eigenvalue weighted by Gasteiger charge is -2.20. The van der Waals surface area contributed by atoms with Crippen molar-refractivity contribution in [2.24, 2.45) is 0 Å². The van der Waals surface area contributed by atoms with Gasteiger partial charge in [0.15, 0.2) is 6.61 Å². The number of hydrogen-bond donors (Lipinski definition) is 0. The zero-order valence-electron chi connectivity index (χ0n) is 15.4. The van der Waals surface area contributed by atoms with E-state index in [9.17, 15) is 19.2 Å². The summed E-state index contributed by atoms with van der Waals surface area (Å²) >= 11 is 0. The Kier molecular flexibility index (Phi) is 6.04. The maximum atomic E-state index is 12.4. The highest BCUT2D eigenvalue weighted by molar-refractivity contribution is 6.22. The molecule has 2 heterocycles. The number of hydrogen-bond acceptors (Lipinski definition) is 7. The Morgan fingerprint density at radius 3 is 2.38 bits per heavy atom. The molecule has 3 rings (SSSR count). The van der Waals surface area contributed by atoms with Crippen LogP contribution < -0.4 is 0 Å². The molecule has 0 saturated carbocycles. The molecule has 1 aliphatic heterocycles. The van der Waals surface area contributed by atoms with Crippen LogP contribution in [-0.4, -0.2) is 53.2 Å². The lowest BCUT2D eigenvalue weighted by molar-refractivity contribution is -0.152. The van der Waals surface area contributed by atoms with Crippen LogP contribution in [0.15, 0.2) is 47.1 Å². The van der Waals surface area contributed by atoms with Gasteiger partial charge in [-0.1, -0.05) is 12.1 Å². The van der Waals surface area contributed by atoms with E-state index in [1.807, 2.05) is 6.07 Å². The van der Waals surface area contributed by atoms with Gasteiger partial charge in [-0.3, -0.25) is 24.1 Å². The Morgan fingerprint density at radius 1 is 1.10 bits per heavy atom. The fourth-order valence-corrected chi connectivity index (χ4v) is 2.86. The highest BCUT2D eigenvalue weighted by atomic mass is 16.5. The minimum Gasteiger partial charge on any atom is -0.467 e. The molecule has 0 spiro atoms. The second-order valence-electron chi connectivity index (χ2n) is 6.21. The molecule has 0 atom stereocenters. The molecule has 0 unspecified atom stereocenters. The van der Waals surface area contributed by atoms with Gasteiger partial charge in [-0.25, -0.2) is 0 Å². The van der Waals surface area contributed by atoms with Crippen LogP contribution in [0, 0.1) is 11.3 Å². The third kappa shape index (κ3) is 4.50. The van der Waals surface area contributed by atoms with Crippen molar-refractivity contribution in [3.8, 4) is 6.07 Å². The molecule has 1 aromatic heterocycles. The summed E-state index contributed by atoms with van der Waals surface area (Å²) in [6.45, 7) is -0.889. The van der Waals surface area contributed by atoms with Gasteiger partial charge < -0.3 is 14.1 Å². The first-order valence-electron chi connectivity index (χ1n) is 8.79. The first-order valence-corrected chi connectivity index (χ1v) is 8.79. The molecular formula is C20H17N3O6. The molecule has 0 radical (unpaired) electrons. The van der Waals surface area contributed by atoms with Gasteiger partial charge >= 0.3 is 5.97 Å². The van der Waals surface area contributed by atoms with Gasteiger partial charge in [0.2, 0.25) is 0 Å². The Morgan fingerprint density at radius 2 is 1.79 bits per heavy atom. The first kappa shape index (κ1) is 19.8. The van der Waals surface area contributed by atoms with Crippen LogP contribution in [0.25, 0.3) is 0 Å². The van der Waals surface area contributed by atoms with Gasteiger partial charge in [-0.05, 0) is 24.3 Å². The summed E-state index contributed by atoms with van der Waals surface area (Å²) in [5, 5.41) is 8.76. The molecule has 1 aromatic carbocycles. The van der Waals surface area contributed by atoms with E-state index in [2.05, 4.69) is 0 Å². The highest BCUT2D eigenvalue weighted by Gasteiger charge is 2.36. The minimum atomic E-state index is -0.883. The molecule has 0 fully saturated rings. The van der Waals surface area contributed by atoms with E-state index in [0.29, 0.717) is 5.76 Å². The smallest absolute Gasteiger partial charge is 0.326 e. The Balaban J connectivity index is 1.55. The molecule has 29 heavy (non-hydrogen) atoms. The van der Waals surface area contributed by atoms with Crippen LogP contribution in [-0.2, 0) is 20.9 Å². The van der Waals surface area contributed by atoms with E-state index in [1.54, 1.807) is 24.3 Å². The largest absolute Gasteiger partial charge is 0.467 e. The number of imide groups is 1. The number of carbonyl (C=O) groups is 4. The van der Waals surface area contributed by atoms with Crippen molar-refractivity contribution < 1.29 is 28.3 Å². The Hall–Kier alpha value is -3.93. The molecule has 9 nitrogen and oxygen atoms in total. The van der Waals surface area contributed by atoms with Crippen LogP contribution in [0.4, 0.5) is 0 Å². The average molecular weight is 395 g/mol. The lowest BCUT2D eigenvalue weighted by atomic mass is 10.1. The first-order chi connectivity index (χ1) is 14.0. The summed E-state index contributed by atoms with van der Waals surface area (Å²) < 4.78 is 10.1. The standard InChI is InChI=1S/C20H17N3O6/c21-8-4-9-22(11-14-5-3-10-28-14)17(24)13-29-18(25)12-23-19(26)15-6-1-2-7-16(15)20(23)27/h1-3,5-7,10H,4,9,11-13H2. The van der Waals surface area contributed by atoms with E-state index >= 15 is 0 Å². The second-order valence-corrected chi connectivity index (χ2v) is 6.21. The fraction of sp³-hybridized carbons (Fsp3) is 0.250. The number of esters is 1. The van der Waals surface area contributed by atoms with E-state index in [4.69, 9.17) is 14.4 Å². The van der Waals surface area contributed by atoms with Crippen LogP contribution in [0.3, 0.4) is 0 Å². The van der Waals surface area contributed by atoms with Crippen molar-refractivity contribution in [2.75, 3.05) is 19.7 Å². The maximum Gasteiger partial charge on any atom is 0.326 e. The number of benzene rings is 1. The molecule has 0 N–H and O–H groups in total. The lowest BCUT2D eigenvalue weighted by Crippen LogP contribution is -2.38. The molecule has 0 bridgehead atoms. The zero-order chi connectivity index (χ0) is 20.8. The summed E-state index contributed by atoms with van der Waals surface area (Å²) in [5.74, 6) is -2.04. The predicted molar refractivity (Wildman–Crippen MR) is 97.1 cm³/mol. The van der Waals surface area contributed by atoms with Gasteiger partial charge in [0, 0.05) is 6.54 Å². The maximum absolute atomic E-state index is 12.4. The molecule has 148 valence electrons. The van der Waals surface area contributed by atoms with Crippen molar-refractivity contribution in [1.82, 2.24) is 9.80 Å². The molecular weight excluding hydrogens is 378 g/mol. The minimum absolute atomic E-state index is 0.107. The molecule has 9 heteroatoms. The molecule has 0 aliphatic carbocycles. The van der Waals surface area contributed by atoms with Crippen molar-refractivity contribution in [3.05, 3.63) is 59.5 Å². The molecule has 3 amide bonds. The SMILES string of the molecule is N#CCCN(Cc1ccco1)C(=O)COC(=O)CN1C(=O)c2ccccc2C1=O. The van der Waals surface area contributed by atoms with Crippen molar-refractivity contribution in [1.29, 1.82) is 5.26 Å². The van der Waals surface area contributed by atoms with Crippen molar-refractivity contribution in [2.45, 2.75) is 13.0 Å². The monoisotopic (exact) mass is 395 g/mol. The Bertz CT molecular complexity index is 941. The predicted octanol–water partition coefficient (Wildman–Crippen LogP) is 1.36. The summed E-state index contributed by atoms with van der Waals surface area (Å²) in [5.41, 5.74) is 0.449. The van der Waals surface area contributed by atoms with Crippen LogP contribution >= 0.6 is 0 Å². The van der Waals surface area contributed by atoms with E-state index < -0.39 is 36.8 Å². The number of ether oxygens (including phenoxy) is 1. The van der Waals surface area contributed by atoms with Crippen LogP contribution in [0.5, 0.6) is 0 Å². The van der Waals surface area contributed by atoms with E-state index in [-0.39, 0.29) is 30.6 Å². The normalized spacial score (nSPS) is 12.4. The van der Waals surface area contributed by atoms with Gasteiger partial charge in [0.25, 0.3) is 17.7 Å². The van der Waals surface area contributed by atoms with Gasteiger partial charge in [0.1, 0.15) is 12.3 Å². The highest BCUT2D eigenvalue weighted by Crippen LogP contribution is 2.22. The van der Waals surface area contributed by atoms with Crippen LogP contribution in [0.2, 0.25) is 0 Å². The number of amides is 3. The number of carbonyl (C=O) groups excluding carboxylic acids is 4. The number of nitriles is 1. The average Bonchev–Trinajstić information content (AvgIpc) is 3.32. The summed E-state index contributed by atoms with van der Waals surface area (Å²) in [6, 6.07) is 11.6. The number of furan rings is 1. The van der Waals surface area contributed by atoms with Gasteiger partial charge in [-0.15, -0.1) is 0 Å². The third-order valence-electron chi connectivity index (χ3n) is 4.30. The zero-order valence-corrected chi connectivity index (χ0v) is 15.4. The topological polar surface area (TPSA) is 121 Å². The summed E-state index contributed by atoms with van der Waals surface area (Å²) in [6.07, 6.45) is 1.57. The van der Waals surface area contributed by atoms with Crippen molar-refractivity contribution in [3.63, 3.8) is 0 Å². The molecule has 0 saturated heterocycles. The number of nitrogens with zero attached hydrogens (tertiary/aromatic N) is 3. The summed E-state index contributed by atoms with van der Waals surface area (Å²) in [7, 11) is 0. The van der Waals surface area contributed by atoms with E-state index in [1.165, 1.54) is 23.3 Å². The van der Waals surface area contributed by atoms with Crippen LogP contribution in [0.1, 0.15) is 32.9 Å². The molecule has 1 aliphatic rings. The van der Waals surface area contributed by atoms with Gasteiger partial charge in [-0.2, -0.15) is 5.26 Å². The third-order valence-corrected chi connectivity index (χ3v) is 4.30. The van der Waals surface area contributed by atoms with Gasteiger partial charge in [0.05, 0.1) is 36.4 Å². The quantitative estimate of drug-likeness (QED) is 0.489. The van der Waals surface area contributed by atoms with Crippen molar-refractivity contribution >= 4 is 23.7 Å². The second kappa shape index (κ2) is 8.84. The van der Waals surface area contributed by atoms with E-state index in [0.717, 1.165) is 4.90 Å². The number of rotatable bonds is 8. The fourth-order valence-electron chi connectivity index (χ4n) is 2.86. The summed E-state index contributed by atoms with van der Waals surface area (Å²) in [4.78, 5) is 51.1. The Labute approximate surface area is 166 Å². The number of fused-ring (bicyclic) bond motifs is 1. The molecule has 2 aromatic rings.